The summed E-state index contributed by atoms with van der Waals surface area (Å²) in [5, 5.41) is 11.9. The van der Waals surface area contributed by atoms with Crippen molar-refractivity contribution in [2.75, 3.05) is 36.4 Å². The maximum absolute atomic E-state index is 13.2. The number of aromatic amines is 1. The van der Waals surface area contributed by atoms with E-state index in [4.69, 9.17) is 0 Å². The fourth-order valence-corrected chi connectivity index (χ4v) is 3.88. The van der Waals surface area contributed by atoms with Crippen LogP contribution in [0.3, 0.4) is 0 Å². The molecule has 3 aromatic rings. The summed E-state index contributed by atoms with van der Waals surface area (Å²) in [6, 6.07) is -0.616. The van der Waals surface area contributed by atoms with E-state index in [1.165, 1.54) is 17.1 Å². The smallest absolute Gasteiger partial charge is 0.379 e. The van der Waals surface area contributed by atoms with E-state index in [0.717, 1.165) is 6.20 Å². The molecule has 4 heterocycles. The van der Waals surface area contributed by atoms with E-state index >= 15 is 0 Å². The summed E-state index contributed by atoms with van der Waals surface area (Å²) in [5.41, 5.74) is -3.94. The first-order chi connectivity index (χ1) is 17.8. The number of halogens is 6. The van der Waals surface area contributed by atoms with Crippen LogP contribution in [0.5, 0.6) is 0 Å². The van der Waals surface area contributed by atoms with Gasteiger partial charge in [0.1, 0.15) is 5.56 Å². The number of carbonyl (C=O) groups excluding carboxylic acids is 1. The average molecular weight is 545 g/mol. The zero-order chi connectivity index (χ0) is 27.7. The van der Waals surface area contributed by atoms with Crippen LogP contribution in [0.2, 0.25) is 0 Å². The molecule has 0 spiro atoms. The number of anilines is 2. The lowest BCUT2D eigenvalue weighted by Gasteiger charge is -2.34. The van der Waals surface area contributed by atoms with Crippen molar-refractivity contribution >= 4 is 17.5 Å². The zero-order valence-electron chi connectivity index (χ0n) is 19.7. The van der Waals surface area contributed by atoms with Crippen LogP contribution in [0.4, 0.5) is 38.0 Å². The molecule has 0 radical (unpaired) electrons. The number of H-pyrrole nitrogens is 1. The molecule has 1 aliphatic rings. The van der Waals surface area contributed by atoms with Gasteiger partial charge in [-0.3, -0.25) is 14.3 Å². The normalized spacial score (nSPS) is 15.4. The van der Waals surface area contributed by atoms with Crippen molar-refractivity contribution < 1.29 is 31.1 Å². The number of piperazine rings is 1. The highest BCUT2D eigenvalue weighted by molar-refractivity contribution is 5.93. The fourth-order valence-electron chi connectivity index (χ4n) is 3.88. The van der Waals surface area contributed by atoms with Gasteiger partial charge in [0.05, 0.1) is 35.8 Å². The van der Waals surface area contributed by atoms with Crippen LogP contribution >= 0.6 is 0 Å². The summed E-state index contributed by atoms with van der Waals surface area (Å²) in [4.78, 5) is 35.3. The maximum atomic E-state index is 13.2. The quantitative estimate of drug-likeness (QED) is 0.452. The van der Waals surface area contributed by atoms with Crippen molar-refractivity contribution in [3.63, 3.8) is 0 Å². The lowest BCUT2D eigenvalue weighted by Crippen LogP contribution is -2.49. The summed E-state index contributed by atoms with van der Waals surface area (Å²) >= 11 is 0. The molecule has 0 aromatic carbocycles. The third-order valence-corrected chi connectivity index (χ3v) is 5.70. The molecule has 1 saturated heterocycles. The molecule has 0 bridgehead atoms. The van der Waals surface area contributed by atoms with Crippen LogP contribution in [0.25, 0.3) is 0 Å². The Hall–Kier alpha value is -4.18. The Kier molecular flexibility index (Phi) is 7.28. The molecule has 0 unspecified atom stereocenters. The average Bonchev–Trinajstić information content (AvgIpc) is 3.30. The second kappa shape index (κ2) is 10.3. The van der Waals surface area contributed by atoms with Gasteiger partial charge < -0.3 is 15.1 Å². The van der Waals surface area contributed by atoms with Crippen molar-refractivity contribution in [2.24, 2.45) is 0 Å². The molecule has 38 heavy (non-hydrogen) atoms. The van der Waals surface area contributed by atoms with E-state index in [0.29, 0.717) is 25.5 Å². The Bertz CT molecular complexity index is 1330. The highest BCUT2D eigenvalue weighted by Crippen LogP contribution is 2.32. The zero-order valence-corrected chi connectivity index (χ0v) is 19.7. The highest BCUT2D eigenvalue weighted by Gasteiger charge is 2.37. The third-order valence-electron chi connectivity index (χ3n) is 5.70. The number of hydrogen-bond donors (Lipinski definition) is 2. The molecule has 2 N–H and O–H groups in total. The topological polar surface area (TPSA) is 125 Å². The number of alkyl halides is 6. The first-order valence-corrected chi connectivity index (χ1v) is 11.2. The molecular formula is C21H21F6N9O2. The van der Waals surface area contributed by atoms with E-state index in [9.17, 15) is 35.9 Å². The number of nitrogens with one attached hydrogen (secondary N) is 2. The molecule has 1 aliphatic heterocycles. The number of hydrogen-bond acceptors (Lipinski definition) is 8. The minimum Gasteiger partial charge on any atom is -0.379 e. The van der Waals surface area contributed by atoms with E-state index < -0.39 is 40.8 Å². The number of nitrogens with zero attached hydrogens (tertiary/aromatic N) is 7. The van der Waals surface area contributed by atoms with Gasteiger partial charge in [0.2, 0.25) is 5.95 Å². The van der Waals surface area contributed by atoms with Crippen LogP contribution in [0.1, 0.15) is 28.4 Å². The Balaban J connectivity index is 1.33. The Morgan fingerprint density at radius 3 is 2.29 bits per heavy atom. The molecule has 11 nitrogen and oxygen atoms in total. The molecule has 1 fully saturated rings. The Labute approximate surface area is 210 Å². The summed E-state index contributed by atoms with van der Waals surface area (Å²) in [5.74, 6) is -0.202. The van der Waals surface area contributed by atoms with Gasteiger partial charge in [-0.15, -0.1) is 0 Å². The number of amides is 1. The summed E-state index contributed by atoms with van der Waals surface area (Å²) in [6.45, 7) is 2.80. The first kappa shape index (κ1) is 26.9. The van der Waals surface area contributed by atoms with E-state index in [2.05, 4.69) is 25.5 Å². The predicted molar refractivity (Wildman–Crippen MR) is 120 cm³/mol. The Morgan fingerprint density at radius 2 is 1.68 bits per heavy atom. The third kappa shape index (κ3) is 6.03. The lowest BCUT2D eigenvalue weighted by atomic mass is 10.2. The highest BCUT2D eigenvalue weighted by atomic mass is 19.4. The maximum Gasteiger partial charge on any atom is 0.423 e. The summed E-state index contributed by atoms with van der Waals surface area (Å²) in [7, 11) is 0. The standard InChI is InChI=1S/C21H21F6N9O2/c1-12(32-15-9-30-33-17(37)16(15)21(25,26)27)10-36-11-13(6-31-36)18(38)34-2-4-35(5-3-34)19-28-7-14(8-29-19)20(22,23)24/h6-9,11-12H,2-5,10H2,1H3,(H2,32,33,37)/t12-/m0/s1. The monoisotopic (exact) mass is 545 g/mol. The van der Waals surface area contributed by atoms with Crippen molar-refractivity contribution in [1.82, 2.24) is 34.8 Å². The van der Waals surface area contributed by atoms with Crippen molar-refractivity contribution in [2.45, 2.75) is 31.9 Å². The fraction of sp³-hybridized carbons (Fsp3) is 0.429. The molecule has 3 aromatic heterocycles. The van der Waals surface area contributed by atoms with Crippen LogP contribution in [-0.4, -0.2) is 73.0 Å². The van der Waals surface area contributed by atoms with E-state index in [1.54, 1.807) is 21.8 Å². The predicted octanol–water partition coefficient (Wildman–Crippen LogP) is 2.26. The van der Waals surface area contributed by atoms with Gasteiger partial charge in [0.25, 0.3) is 11.5 Å². The number of carbonyl (C=O) groups is 1. The summed E-state index contributed by atoms with van der Waals surface area (Å²) < 4.78 is 79.2. The van der Waals surface area contributed by atoms with Gasteiger partial charge in [0.15, 0.2) is 0 Å². The van der Waals surface area contributed by atoms with Gasteiger partial charge in [0, 0.05) is 50.8 Å². The largest absolute Gasteiger partial charge is 0.423 e. The van der Waals surface area contributed by atoms with Crippen LogP contribution < -0.4 is 15.8 Å². The summed E-state index contributed by atoms with van der Waals surface area (Å²) in [6.07, 6.45) is -4.35. The lowest BCUT2D eigenvalue weighted by molar-refractivity contribution is -0.139. The van der Waals surface area contributed by atoms with Gasteiger partial charge in [-0.2, -0.15) is 36.5 Å². The second-order valence-electron chi connectivity index (χ2n) is 8.53. The molecule has 204 valence electrons. The molecule has 0 saturated carbocycles. The van der Waals surface area contributed by atoms with Crippen molar-refractivity contribution in [3.8, 4) is 0 Å². The van der Waals surface area contributed by atoms with Crippen LogP contribution in [0, 0.1) is 0 Å². The molecule has 17 heteroatoms. The first-order valence-electron chi connectivity index (χ1n) is 11.2. The van der Waals surface area contributed by atoms with Crippen LogP contribution in [0.15, 0.2) is 35.8 Å². The molecule has 0 aliphatic carbocycles. The van der Waals surface area contributed by atoms with Gasteiger partial charge >= 0.3 is 12.4 Å². The molecule has 1 amide bonds. The van der Waals surface area contributed by atoms with Gasteiger partial charge in [-0.25, -0.2) is 15.1 Å². The number of aromatic nitrogens is 6. The van der Waals surface area contributed by atoms with Gasteiger partial charge in [-0.05, 0) is 6.92 Å². The Morgan fingerprint density at radius 1 is 1.03 bits per heavy atom. The molecule has 1 atom stereocenters. The number of rotatable bonds is 6. The minimum atomic E-state index is -4.88. The van der Waals surface area contributed by atoms with Gasteiger partial charge in [-0.1, -0.05) is 0 Å². The van der Waals surface area contributed by atoms with Crippen molar-refractivity contribution in [3.05, 3.63) is 58.0 Å². The second-order valence-corrected chi connectivity index (χ2v) is 8.53. The van der Waals surface area contributed by atoms with Crippen LogP contribution in [-0.2, 0) is 18.9 Å². The SMILES string of the molecule is C[C@@H](Cn1cc(C(=O)N2CCN(c3ncc(C(F)(F)F)cn3)CC2)cn1)Nc1cn[nH]c(=O)c1C(F)(F)F. The molecular weight excluding hydrogens is 524 g/mol. The molecule has 4 rings (SSSR count). The van der Waals surface area contributed by atoms with Crippen molar-refractivity contribution in [1.29, 1.82) is 0 Å². The minimum absolute atomic E-state index is 0.0798. The van der Waals surface area contributed by atoms with E-state index in [1.807, 2.05) is 0 Å². The van der Waals surface area contributed by atoms with E-state index in [-0.39, 0.29) is 37.1 Å².